The van der Waals surface area contributed by atoms with Crippen LogP contribution in [-0.2, 0) is 0 Å². The predicted octanol–water partition coefficient (Wildman–Crippen LogP) is 4.83. The van der Waals surface area contributed by atoms with Crippen molar-refractivity contribution in [2.24, 2.45) is 10.9 Å². The van der Waals surface area contributed by atoms with Crippen molar-refractivity contribution < 1.29 is 0 Å². The van der Waals surface area contributed by atoms with E-state index in [1.165, 1.54) is 24.8 Å². The molecule has 0 bridgehead atoms. The Bertz CT molecular complexity index is 157. The maximum atomic E-state index is 4.14. The fourth-order valence-electron chi connectivity index (χ4n) is 1.40. The lowest BCUT2D eigenvalue weighted by molar-refractivity contribution is 0.533. The van der Waals surface area contributed by atoms with E-state index in [2.05, 4.69) is 25.8 Å². The quantitative estimate of drug-likeness (QED) is 0.560. The molecule has 1 unspecified atom stereocenters. The first-order valence-corrected chi connectivity index (χ1v) is 5.90. The number of hydrogen-bond acceptors (Lipinski definition) is 1. The molecular formula is C13H27N. The summed E-state index contributed by atoms with van der Waals surface area (Å²) in [6, 6.07) is 0. The van der Waals surface area contributed by atoms with E-state index in [0.717, 1.165) is 5.92 Å². The fourth-order valence-corrected chi connectivity index (χ4v) is 1.40. The van der Waals surface area contributed by atoms with Crippen molar-refractivity contribution in [2.45, 2.75) is 60.8 Å². The van der Waals surface area contributed by atoms with Crippen LogP contribution in [-0.4, -0.2) is 6.21 Å². The van der Waals surface area contributed by atoms with Crippen LogP contribution in [0.4, 0.5) is 0 Å². The molecule has 0 fully saturated rings. The summed E-state index contributed by atoms with van der Waals surface area (Å²) < 4.78 is 0. The predicted molar refractivity (Wildman–Crippen MR) is 68.0 cm³/mol. The minimum atomic E-state index is 0.735. The van der Waals surface area contributed by atoms with Gasteiger partial charge in [0.15, 0.2) is 0 Å². The highest BCUT2D eigenvalue weighted by Gasteiger charge is 2.05. The van der Waals surface area contributed by atoms with Gasteiger partial charge in [0.25, 0.3) is 0 Å². The van der Waals surface area contributed by atoms with Gasteiger partial charge < -0.3 is 0 Å². The van der Waals surface area contributed by atoms with Crippen molar-refractivity contribution in [1.29, 1.82) is 0 Å². The van der Waals surface area contributed by atoms with Crippen molar-refractivity contribution in [2.75, 3.05) is 0 Å². The van der Waals surface area contributed by atoms with Gasteiger partial charge in [-0.2, -0.15) is 0 Å². The van der Waals surface area contributed by atoms with Gasteiger partial charge in [-0.1, -0.05) is 39.7 Å². The third kappa shape index (κ3) is 8.03. The minimum Gasteiger partial charge on any atom is -0.269 e. The molecule has 14 heavy (non-hydrogen) atoms. The average Bonchev–Trinajstić information content (AvgIpc) is 2.25. The summed E-state index contributed by atoms with van der Waals surface area (Å²) in [5.41, 5.74) is 1.41. The van der Waals surface area contributed by atoms with Gasteiger partial charge >= 0.3 is 0 Å². The lowest BCUT2D eigenvalue weighted by Crippen LogP contribution is -1.99. The number of hydrogen-bond donors (Lipinski definition) is 0. The van der Waals surface area contributed by atoms with Gasteiger partial charge in [-0.25, -0.2) is 0 Å². The Hall–Kier alpha value is -0.590. The molecule has 1 heteroatoms. The van der Waals surface area contributed by atoms with Crippen LogP contribution < -0.4 is 0 Å². The molecule has 0 aliphatic rings. The van der Waals surface area contributed by atoms with E-state index in [1.807, 2.05) is 33.2 Å². The van der Waals surface area contributed by atoms with E-state index in [4.69, 9.17) is 0 Å². The number of rotatable bonds is 5. The van der Waals surface area contributed by atoms with E-state index in [1.54, 1.807) is 0 Å². The van der Waals surface area contributed by atoms with Crippen LogP contribution in [0.15, 0.2) is 16.8 Å². The molecule has 0 aromatic heterocycles. The SMILES string of the molecule is CC.CC=N/C=C(\C)C(CC)CCC. The van der Waals surface area contributed by atoms with Crippen LogP contribution in [0.25, 0.3) is 0 Å². The largest absolute Gasteiger partial charge is 0.269 e. The first-order chi connectivity index (χ1) is 6.76. The molecule has 0 N–H and O–H groups in total. The molecule has 0 rings (SSSR count). The monoisotopic (exact) mass is 197 g/mol. The Morgan fingerprint density at radius 2 is 1.86 bits per heavy atom. The molecule has 0 aromatic rings. The number of aliphatic imine (C=N–C) groups is 1. The summed E-state index contributed by atoms with van der Waals surface area (Å²) in [5, 5.41) is 0. The minimum absolute atomic E-state index is 0.735. The van der Waals surface area contributed by atoms with Gasteiger partial charge in [-0.15, -0.1) is 0 Å². The molecular weight excluding hydrogens is 170 g/mol. The molecule has 1 atom stereocenters. The highest BCUT2D eigenvalue weighted by molar-refractivity contribution is 5.54. The summed E-state index contributed by atoms with van der Waals surface area (Å²) >= 11 is 0. The molecule has 0 aliphatic heterocycles. The maximum absolute atomic E-state index is 4.14. The molecule has 0 heterocycles. The van der Waals surface area contributed by atoms with Gasteiger partial charge in [0, 0.05) is 12.4 Å². The summed E-state index contributed by atoms with van der Waals surface area (Å²) in [6.07, 6.45) is 7.61. The summed E-state index contributed by atoms with van der Waals surface area (Å²) in [6.45, 7) is 12.6. The summed E-state index contributed by atoms with van der Waals surface area (Å²) in [7, 11) is 0. The van der Waals surface area contributed by atoms with E-state index < -0.39 is 0 Å². The topological polar surface area (TPSA) is 12.4 Å². The van der Waals surface area contributed by atoms with Crippen LogP contribution in [0.2, 0.25) is 0 Å². The second-order valence-corrected chi connectivity index (χ2v) is 3.17. The maximum Gasteiger partial charge on any atom is 0.0255 e. The normalized spacial score (nSPS) is 13.7. The second-order valence-electron chi connectivity index (χ2n) is 3.17. The zero-order valence-electron chi connectivity index (χ0n) is 10.8. The van der Waals surface area contributed by atoms with E-state index in [9.17, 15) is 0 Å². The second kappa shape index (κ2) is 12.4. The number of nitrogens with zero attached hydrogens (tertiary/aromatic N) is 1. The van der Waals surface area contributed by atoms with Gasteiger partial charge in [-0.05, 0) is 32.6 Å². The Labute approximate surface area is 90.3 Å². The molecule has 0 aromatic carbocycles. The molecule has 0 spiro atoms. The molecule has 1 nitrogen and oxygen atoms in total. The van der Waals surface area contributed by atoms with Crippen molar-refractivity contribution in [3.05, 3.63) is 11.8 Å². The molecule has 0 aliphatic carbocycles. The lowest BCUT2D eigenvalue weighted by Gasteiger charge is -2.13. The van der Waals surface area contributed by atoms with E-state index >= 15 is 0 Å². The van der Waals surface area contributed by atoms with Crippen LogP contribution in [0.1, 0.15) is 60.8 Å². The van der Waals surface area contributed by atoms with Crippen molar-refractivity contribution in [3.63, 3.8) is 0 Å². The van der Waals surface area contributed by atoms with E-state index in [0.29, 0.717) is 0 Å². The van der Waals surface area contributed by atoms with Crippen LogP contribution in [0, 0.1) is 5.92 Å². The molecule has 0 saturated heterocycles. The average molecular weight is 197 g/mol. The van der Waals surface area contributed by atoms with Gasteiger partial charge in [-0.3, -0.25) is 4.99 Å². The highest BCUT2D eigenvalue weighted by Crippen LogP contribution is 2.19. The molecule has 84 valence electrons. The first-order valence-electron chi connectivity index (χ1n) is 5.90. The Morgan fingerprint density at radius 3 is 2.21 bits per heavy atom. The van der Waals surface area contributed by atoms with Crippen molar-refractivity contribution >= 4 is 6.21 Å². The molecule has 0 radical (unpaired) electrons. The van der Waals surface area contributed by atoms with Crippen molar-refractivity contribution in [1.82, 2.24) is 0 Å². The fraction of sp³-hybridized carbons (Fsp3) is 0.769. The smallest absolute Gasteiger partial charge is 0.0255 e. The Morgan fingerprint density at radius 1 is 1.29 bits per heavy atom. The molecule has 0 amide bonds. The van der Waals surface area contributed by atoms with Crippen LogP contribution >= 0.6 is 0 Å². The summed E-state index contributed by atoms with van der Waals surface area (Å²) in [5.74, 6) is 0.735. The van der Waals surface area contributed by atoms with Gasteiger partial charge in [0.05, 0.1) is 0 Å². The van der Waals surface area contributed by atoms with Crippen LogP contribution in [0.3, 0.4) is 0 Å². The molecule has 0 saturated carbocycles. The Balaban J connectivity index is 0. The standard InChI is InChI=1S/C11H21N.C2H6/c1-5-8-11(6-2)10(4)9-12-7-3;1-2/h7,9,11H,5-6,8H2,1-4H3;1-2H3/b10-9+,12-7?;. The van der Waals surface area contributed by atoms with Crippen LogP contribution in [0.5, 0.6) is 0 Å². The highest BCUT2D eigenvalue weighted by atomic mass is 14.7. The zero-order chi connectivity index (χ0) is 11.4. The zero-order valence-corrected chi connectivity index (χ0v) is 10.8. The summed E-state index contributed by atoms with van der Waals surface area (Å²) in [4.78, 5) is 4.14. The first kappa shape index (κ1) is 15.9. The third-order valence-corrected chi connectivity index (χ3v) is 2.20. The third-order valence-electron chi connectivity index (χ3n) is 2.20. The number of allylic oxidation sites excluding steroid dienone is 1. The Kier molecular flexibility index (Phi) is 14.1. The van der Waals surface area contributed by atoms with Crippen molar-refractivity contribution in [3.8, 4) is 0 Å². The van der Waals surface area contributed by atoms with Gasteiger partial charge in [0.2, 0.25) is 0 Å². The lowest BCUT2D eigenvalue weighted by atomic mass is 9.94. The van der Waals surface area contributed by atoms with Gasteiger partial charge in [0.1, 0.15) is 0 Å². The van der Waals surface area contributed by atoms with E-state index in [-0.39, 0.29) is 0 Å².